The first-order chi connectivity index (χ1) is 22.4. The Balaban J connectivity index is 1.35. The summed E-state index contributed by atoms with van der Waals surface area (Å²) in [6.45, 7) is 1.48. The predicted molar refractivity (Wildman–Crippen MR) is 173 cm³/mol. The van der Waals surface area contributed by atoms with Crippen LogP contribution in [0, 0.1) is 5.92 Å². The summed E-state index contributed by atoms with van der Waals surface area (Å²) in [6.07, 6.45) is -4.69. The van der Waals surface area contributed by atoms with E-state index in [2.05, 4.69) is 21.2 Å². The molecular weight excluding hydrogens is 723 g/mol. The number of thiazole rings is 1. The Hall–Kier alpha value is -4.21. The van der Waals surface area contributed by atoms with Gasteiger partial charge in [0.1, 0.15) is 11.8 Å². The van der Waals surface area contributed by atoms with Crippen molar-refractivity contribution < 1.29 is 37.1 Å². The molecule has 0 bridgehead atoms. The third-order valence-corrected chi connectivity index (χ3v) is 10.8. The minimum Gasteiger partial charge on any atom is -0.462 e. The Morgan fingerprint density at radius 3 is 2.38 bits per heavy atom. The molecule has 0 unspecified atom stereocenters. The standard InChI is InChI=1S/C32H23BrF3N3O6S2/c1-2-45-30(43)16-9-11-20(12-10-16)37-22(40)15-38-29-26(47-31(38)44)23(17-5-3-7-19(33)13-17)24-25(46-29)28(42)39(27(24)41)21-8-4-6-18(14-21)32(34,35)36/h3-14,23-25H,2,15H2,1H3,(H,37,40)/t23-,24-,25+/m0/s1. The van der Waals surface area contributed by atoms with Gasteiger partial charge >= 0.3 is 17.0 Å². The van der Waals surface area contributed by atoms with Crippen LogP contribution in [-0.4, -0.2) is 40.1 Å². The molecule has 1 N–H and O–H groups in total. The summed E-state index contributed by atoms with van der Waals surface area (Å²) in [5.74, 6) is -4.29. The van der Waals surface area contributed by atoms with Crippen molar-refractivity contribution in [2.24, 2.45) is 5.92 Å². The summed E-state index contributed by atoms with van der Waals surface area (Å²) in [6, 6.07) is 17.1. The fourth-order valence-electron chi connectivity index (χ4n) is 5.64. The van der Waals surface area contributed by atoms with Crippen molar-refractivity contribution >= 4 is 74.1 Å². The lowest BCUT2D eigenvalue weighted by atomic mass is 9.83. The second kappa shape index (κ2) is 12.8. The summed E-state index contributed by atoms with van der Waals surface area (Å²) in [5, 5.41) is 1.94. The molecule has 4 aromatic rings. The molecule has 15 heteroatoms. The highest BCUT2D eigenvalue weighted by molar-refractivity contribution is 9.10. The lowest BCUT2D eigenvalue weighted by molar-refractivity contribution is -0.137. The number of rotatable bonds is 7. The van der Waals surface area contributed by atoms with E-state index in [0.29, 0.717) is 31.2 Å². The average Bonchev–Trinajstić information content (AvgIpc) is 3.47. The number of halogens is 4. The van der Waals surface area contributed by atoms with Gasteiger partial charge in [0, 0.05) is 21.0 Å². The number of nitrogens with one attached hydrogen (secondary N) is 1. The molecule has 0 spiro atoms. The number of alkyl halides is 3. The minimum absolute atomic E-state index is 0.202. The van der Waals surface area contributed by atoms with Gasteiger partial charge in [-0.25, -0.2) is 9.69 Å². The minimum atomic E-state index is -4.69. The monoisotopic (exact) mass is 745 g/mol. The number of anilines is 2. The molecule has 3 amide bonds. The first-order valence-electron chi connectivity index (χ1n) is 14.1. The normalized spacial score (nSPS) is 18.9. The summed E-state index contributed by atoms with van der Waals surface area (Å²) in [4.78, 5) is 67.1. The molecule has 3 heterocycles. The number of nitrogens with zero attached hydrogens (tertiary/aromatic N) is 2. The fourth-order valence-corrected chi connectivity index (χ4v) is 8.83. The van der Waals surface area contributed by atoms with Crippen molar-refractivity contribution in [3.63, 3.8) is 0 Å². The highest BCUT2D eigenvalue weighted by atomic mass is 79.9. The van der Waals surface area contributed by atoms with Gasteiger partial charge in [0.2, 0.25) is 17.7 Å². The lowest BCUT2D eigenvalue weighted by Crippen LogP contribution is -2.33. The van der Waals surface area contributed by atoms with E-state index in [0.717, 1.165) is 46.2 Å². The van der Waals surface area contributed by atoms with Crippen LogP contribution in [0.5, 0.6) is 0 Å². The molecular formula is C32H23BrF3N3O6S2. The van der Waals surface area contributed by atoms with Gasteiger partial charge in [0.05, 0.1) is 34.4 Å². The lowest BCUT2D eigenvalue weighted by Gasteiger charge is -2.30. The summed E-state index contributed by atoms with van der Waals surface area (Å²) in [5.41, 5.74) is 0.0753. The predicted octanol–water partition coefficient (Wildman–Crippen LogP) is 6.30. The zero-order valence-corrected chi connectivity index (χ0v) is 27.5. The average molecular weight is 747 g/mol. The van der Waals surface area contributed by atoms with Gasteiger partial charge in [-0.1, -0.05) is 57.2 Å². The van der Waals surface area contributed by atoms with Crippen LogP contribution in [0.4, 0.5) is 24.5 Å². The van der Waals surface area contributed by atoms with E-state index in [1.54, 1.807) is 31.2 Å². The van der Waals surface area contributed by atoms with E-state index in [1.165, 1.54) is 34.9 Å². The second-order valence-electron chi connectivity index (χ2n) is 10.6. The van der Waals surface area contributed by atoms with Crippen molar-refractivity contribution in [2.75, 3.05) is 16.8 Å². The van der Waals surface area contributed by atoms with E-state index in [9.17, 15) is 37.1 Å². The highest BCUT2D eigenvalue weighted by Gasteiger charge is 2.57. The number of carbonyl (C=O) groups excluding carboxylic acids is 4. The Morgan fingerprint density at radius 2 is 1.70 bits per heavy atom. The molecule has 3 aromatic carbocycles. The van der Waals surface area contributed by atoms with Gasteiger partial charge in [-0.05, 0) is 67.1 Å². The Bertz CT molecular complexity index is 1980. The molecule has 0 radical (unpaired) electrons. The summed E-state index contributed by atoms with van der Waals surface area (Å²) < 4.78 is 47.5. The maximum Gasteiger partial charge on any atom is 0.416 e. The molecule has 242 valence electrons. The molecule has 6 rings (SSSR count). The Kier molecular flexibility index (Phi) is 8.89. The third kappa shape index (κ3) is 6.26. The van der Waals surface area contributed by atoms with Crippen molar-refractivity contribution in [3.05, 3.63) is 109 Å². The maximum absolute atomic E-state index is 14.0. The number of carbonyl (C=O) groups is 4. The maximum atomic E-state index is 14.0. The zero-order chi connectivity index (χ0) is 33.6. The Labute approximate surface area is 281 Å². The van der Waals surface area contributed by atoms with Gasteiger partial charge in [-0.2, -0.15) is 13.2 Å². The van der Waals surface area contributed by atoms with E-state index in [-0.39, 0.29) is 12.3 Å². The van der Waals surface area contributed by atoms with Crippen LogP contribution in [0.15, 0.2) is 87.1 Å². The first kappa shape index (κ1) is 32.7. The number of benzene rings is 3. The molecule has 1 aromatic heterocycles. The third-order valence-electron chi connectivity index (χ3n) is 7.67. The summed E-state index contributed by atoms with van der Waals surface area (Å²) >= 11 is 5.23. The smallest absolute Gasteiger partial charge is 0.416 e. The molecule has 47 heavy (non-hydrogen) atoms. The molecule has 2 aliphatic heterocycles. The number of aromatic nitrogens is 1. The number of esters is 1. The SMILES string of the molecule is CCOC(=O)c1ccc(NC(=O)Cn2c3c(sc2=O)[C@@H](c2cccc(Br)c2)[C@@H]2C(=O)N(c4cccc(C(F)(F)F)c4)C(=O)[C@@H]2S3)cc1. The number of imide groups is 1. The molecule has 3 atom stereocenters. The van der Waals surface area contributed by atoms with Crippen LogP contribution in [0.1, 0.15) is 39.2 Å². The van der Waals surface area contributed by atoms with Crippen LogP contribution >= 0.6 is 39.0 Å². The van der Waals surface area contributed by atoms with E-state index < -0.39 is 63.9 Å². The van der Waals surface area contributed by atoms with Gasteiger partial charge in [0.15, 0.2) is 0 Å². The zero-order valence-electron chi connectivity index (χ0n) is 24.2. The van der Waals surface area contributed by atoms with Crippen molar-refractivity contribution in [1.82, 2.24) is 4.57 Å². The number of hydrogen-bond donors (Lipinski definition) is 1. The highest BCUT2D eigenvalue weighted by Crippen LogP contribution is 2.54. The van der Waals surface area contributed by atoms with E-state index in [4.69, 9.17) is 4.74 Å². The molecule has 1 fully saturated rings. The molecule has 1 saturated heterocycles. The van der Waals surface area contributed by atoms with Crippen molar-refractivity contribution in [3.8, 4) is 0 Å². The van der Waals surface area contributed by atoms with Crippen molar-refractivity contribution in [1.29, 1.82) is 0 Å². The first-order valence-corrected chi connectivity index (χ1v) is 16.6. The number of thioether (sulfide) groups is 1. The topological polar surface area (TPSA) is 115 Å². The Morgan fingerprint density at radius 1 is 0.979 bits per heavy atom. The van der Waals surface area contributed by atoms with Crippen LogP contribution < -0.4 is 15.1 Å². The molecule has 2 aliphatic rings. The molecule has 0 aliphatic carbocycles. The molecule has 0 saturated carbocycles. The fraction of sp³-hybridized carbons (Fsp3) is 0.219. The van der Waals surface area contributed by atoms with Crippen LogP contribution in [0.25, 0.3) is 0 Å². The number of amides is 3. The number of fused-ring (bicyclic) bond motifs is 2. The number of ether oxygens (including phenoxy) is 1. The summed E-state index contributed by atoms with van der Waals surface area (Å²) in [7, 11) is 0. The van der Waals surface area contributed by atoms with Crippen LogP contribution in [-0.2, 0) is 31.8 Å². The quantitative estimate of drug-likeness (QED) is 0.174. The largest absolute Gasteiger partial charge is 0.462 e. The second-order valence-corrected chi connectivity index (χ2v) is 13.7. The van der Waals surface area contributed by atoms with Crippen LogP contribution in [0.2, 0.25) is 0 Å². The van der Waals surface area contributed by atoms with Gasteiger partial charge in [-0.15, -0.1) is 0 Å². The van der Waals surface area contributed by atoms with Gasteiger partial charge in [-0.3, -0.25) is 23.7 Å². The van der Waals surface area contributed by atoms with E-state index >= 15 is 0 Å². The van der Waals surface area contributed by atoms with Gasteiger partial charge in [0.25, 0.3) is 0 Å². The number of hydrogen-bond acceptors (Lipinski definition) is 8. The van der Waals surface area contributed by atoms with E-state index in [1.807, 2.05) is 0 Å². The van der Waals surface area contributed by atoms with Crippen molar-refractivity contribution in [2.45, 2.75) is 35.8 Å². The molecule has 9 nitrogen and oxygen atoms in total. The van der Waals surface area contributed by atoms with Crippen LogP contribution in [0.3, 0.4) is 0 Å². The van der Waals surface area contributed by atoms with Gasteiger partial charge < -0.3 is 10.1 Å².